The smallest absolute Gasteiger partial charge is 0.426 e. The van der Waals surface area contributed by atoms with Crippen LogP contribution < -0.4 is 10.9 Å². The third-order valence-electron chi connectivity index (χ3n) is 3.14. The van der Waals surface area contributed by atoms with E-state index in [1.165, 1.54) is 5.56 Å². The summed E-state index contributed by atoms with van der Waals surface area (Å²) in [6.07, 6.45) is 2.64. The first-order chi connectivity index (χ1) is 10.7. The monoisotopic (exact) mass is 301 g/mol. The molecule has 0 aliphatic rings. The lowest BCUT2D eigenvalue weighted by Gasteiger charge is -2.09. The van der Waals surface area contributed by atoms with Gasteiger partial charge >= 0.3 is 6.09 Å². The molecule has 0 spiro atoms. The lowest BCUT2D eigenvalue weighted by molar-refractivity contribution is 0.0901. The Bertz CT molecular complexity index is 623. The Morgan fingerprint density at radius 3 is 2.55 bits per heavy atom. The van der Waals surface area contributed by atoms with E-state index in [0.29, 0.717) is 12.3 Å². The van der Waals surface area contributed by atoms with Crippen LogP contribution in [0.5, 0.6) is 0 Å². The summed E-state index contributed by atoms with van der Waals surface area (Å²) in [5.74, 6) is -0.395. The van der Waals surface area contributed by atoms with E-state index in [1.54, 1.807) is 29.9 Å². The van der Waals surface area contributed by atoms with Gasteiger partial charge in [0.05, 0.1) is 6.61 Å². The molecular weight excluding hydrogens is 282 g/mol. The van der Waals surface area contributed by atoms with Crippen LogP contribution in [0.4, 0.5) is 4.79 Å². The highest BCUT2D eigenvalue weighted by Crippen LogP contribution is 2.02. The number of hydrogen-bond donors (Lipinski definition) is 2. The molecule has 2 amide bonds. The zero-order chi connectivity index (χ0) is 15.8. The molecule has 6 nitrogen and oxygen atoms in total. The van der Waals surface area contributed by atoms with Gasteiger partial charge < -0.3 is 9.30 Å². The normalized spacial score (nSPS) is 10.0. The first-order valence-electron chi connectivity index (χ1n) is 7.05. The van der Waals surface area contributed by atoms with Crippen LogP contribution in [-0.4, -0.2) is 23.2 Å². The fraction of sp³-hybridized carbons (Fsp3) is 0.250. The summed E-state index contributed by atoms with van der Waals surface area (Å²) in [7, 11) is 1.75. The van der Waals surface area contributed by atoms with Crippen LogP contribution in [0.15, 0.2) is 48.7 Å². The lowest BCUT2D eigenvalue weighted by atomic mass is 10.1. The molecule has 6 heteroatoms. The number of nitrogens with one attached hydrogen (secondary N) is 2. The number of hydrazine groups is 1. The molecule has 2 N–H and O–H groups in total. The van der Waals surface area contributed by atoms with Gasteiger partial charge in [-0.15, -0.1) is 0 Å². The minimum atomic E-state index is -0.671. The van der Waals surface area contributed by atoms with Crippen LogP contribution in [0.3, 0.4) is 0 Å². The Balaban J connectivity index is 1.62. The van der Waals surface area contributed by atoms with Gasteiger partial charge in [-0.1, -0.05) is 30.3 Å². The maximum Gasteiger partial charge on any atom is 0.426 e. The molecule has 0 radical (unpaired) electrons. The summed E-state index contributed by atoms with van der Waals surface area (Å²) in [5.41, 5.74) is 6.17. The number of ether oxygens (including phenoxy) is 1. The number of amides is 2. The number of carbonyl (C=O) groups excluding carboxylic acids is 2. The Labute approximate surface area is 129 Å². The topological polar surface area (TPSA) is 72.4 Å². The van der Waals surface area contributed by atoms with Gasteiger partial charge in [0.25, 0.3) is 5.91 Å². The number of benzene rings is 1. The summed E-state index contributed by atoms with van der Waals surface area (Å²) in [4.78, 5) is 23.2. The van der Waals surface area contributed by atoms with Gasteiger partial charge in [-0.05, 0) is 30.5 Å². The van der Waals surface area contributed by atoms with Crippen molar-refractivity contribution in [3.05, 3.63) is 59.9 Å². The summed E-state index contributed by atoms with van der Waals surface area (Å²) in [6.45, 7) is 0.292. The molecule has 2 rings (SSSR count). The standard InChI is InChI=1S/C16H19N3O3/c1-19-11-5-10-14(19)15(20)17-18-16(21)22-12-6-9-13-7-3-2-4-8-13/h2-5,7-8,10-11H,6,9,12H2,1H3,(H,17,20)(H,18,21). The van der Waals surface area contributed by atoms with Crippen LogP contribution in [0.2, 0.25) is 0 Å². The Morgan fingerprint density at radius 1 is 1.09 bits per heavy atom. The predicted molar refractivity (Wildman–Crippen MR) is 82.1 cm³/mol. The largest absolute Gasteiger partial charge is 0.448 e. The Hall–Kier alpha value is -2.76. The van der Waals surface area contributed by atoms with E-state index in [0.717, 1.165) is 12.8 Å². The minimum absolute atomic E-state index is 0.292. The minimum Gasteiger partial charge on any atom is -0.448 e. The third-order valence-corrected chi connectivity index (χ3v) is 3.14. The van der Waals surface area contributed by atoms with Crippen LogP contribution in [0, 0.1) is 0 Å². The molecule has 0 atom stereocenters. The van der Waals surface area contributed by atoms with Crippen LogP contribution in [0.1, 0.15) is 22.5 Å². The molecule has 0 aliphatic carbocycles. The quantitative estimate of drug-likeness (QED) is 0.655. The first kappa shape index (κ1) is 15.6. The van der Waals surface area contributed by atoms with E-state index in [9.17, 15) is 9.59 Å². The fourth-order valence-electron chi connectivity index (χ4n) is 1.99. The molecule has 0 fully saturated rings. The Morgan fingerprint density at radius 2 is 1.86 bits per heavy atom. The highest BCUT2D eigenvalue weighted by molar-refractivity contribution is 5.93. The van der Waals surface area contributed by atoms with Crippen molar-refractivity contribution in [3.63, 3.8) is 0 Å². The van der Waals surface area contributed by atoms with Gasteiger partial charge in [0, 0.05) is 13.2 Å². The van der Waals surface area contributed by atoms with Crippen molar-refractivity contribution in [2.75, 3.05) is 6.61 Å². The van der Waals surface area contributed by atoms with Gasteiger partial charge in [0.15, 0.2) is 0 Å². The number of aryl methyl sites for hydroxylation is 2. The van der Waals surface area contributed by atoms with Gasteiger partial charge in [-0.25, -0.2) is 10.2 Å². The molecule has 116 valence electrons. The number of aromatic nitrogens is 1. The molecule has 1 aromatic heterocycles. The van der Waals surface area contributed by atoms with Crippen molar-refractivity contribution < 1.29 is 14.3 Å². The molecular formula is C16H19N3O3. The maximum atomic E-state index is 11.7. The molecule has 1 aromatic carbocycles. The number of hydrogen-bond acceptors (Lipinski definition) is 3. The van der Waals surface area contributed by atoms with E-state index in [2.05, 4.69) is 10.9 Å². The summed E-state index contributed by atoms with van der Waals surface area (Å²) in [5, 5.41) is 0. The number of carbonyl (C=O) groups is 2. The molecule has 0 saturated heterocycles. The SMILES string of the molecule is Cn1cccc1C(=O)NNC(=O)OCCCc1ccccc1. The second kappa shape index (κ2) is 7.87. The van der Waals surface area contributed by atoms with E-state index < -0.39 is 12.0 Å². The fourth-order valence-corrected chi connectivity index (χ4v) is 1.99. The molecule has 1 heterocycles. The highest BCUT2D eigenvalue weighted by Gasteiger charge is 2.10. The molecule has 0 aliphatic heterocycles. The van der Waals surface area contributed by atoms with Crippen molar-refractivity contribution in [3.8, 4) is 0 Å². The zero-order valence-electron chi connectivity index (χ0n) is 12.4. The van der Waals surface area contributed by atoms with Crippen molar-refractivity contribution >= 4 is 12.0 Å². The van der Waals surface area contributed by atoms with E-state index in [4.69, 9.17) is 4.74 Å². The summed E-state index contributed by atoms with van der Waals surface area (Å²) >= 11 is 0. The molecule has 22 heavy (non-hydrogen) atoms. The third kappa shape index (κ3) is 4.66. The molecule has 2 aromatic rings. The van der Waals surface area contributed by atoms with Gasteiger partial charge in [-0.2, -0.15) is 0 Å². The van der Waals surface area contributed by atoms with Crippen LogP contribution in [0.25, 0.3) is 0 Å². The van der Waals surface area contributed by atoms with Gasteiger partial charge in [-0.3, -0.25) is 10.2 Å². The maximum absolute atomic E-state index is 11.7. The van der Waals surface area contributed by atoms with Gasteiger partial charge in [0.2, 0.25) is 0 Å². The van der Waals surface area contributed by atoms with Crippen LogP contribution >= 0.6 is 0 Å². The van der Waals surface area contributed by atoms with Crippen molar-refractivity contribution in [1.82, 2.24) is 15.4 Å². The first-order valence-corrected chi connectivity index (χ1v) is 7.05. The van der Waals surface area contributed by atoms with Crippen molar-refractivity contribution in [1.29, 1.82) is 0 Å². The second-order valence-corrected chi connectivity index (χ2v) is 4.81. The van der Waals surface area contributed by atoms with Crippen molar-refractivity contribution in [2.45, 2.75) is 12.8 Å². The average molecular weight is 301 g/mol. The lowest BCUT2D eigenvalue weighted by Crippen LogP contribution is -2.42. The van der Waals surface area contributed by atoms with E-state index in [-0.39, 0.29) is 0 Å². The van der Waals surface area contributed by atoms with Gasteiger partial charge in [0.1, 0.15) is 5.69 Å². The second-order valence-electron chi connectivity index (χ2n) is 4.81. The number of rotatable bonds is 5. The molecule has 0 unspecified atom stereocenters. The highest BCUT2D eigenvalue weighted by atomic mass is 16.6. The van der Waals surface area contributed by atoms with Crippen LogP contribution in [-0.2, 0) is 18.2 Å². The average Bonchev–Trinajstić information content (AvgIpc) is 2.96. The predicted octanol–water partition coefficient (Wildman–Crippen LogP) is 2.03. The number of nitrogens with zero attached hydrogens (tertiary/aromatic N) is 1. The zero-order valence-corrected chi connectivity index (χ0v) is 12.4. The molecule has 0 saturated carbocycles. The van der Waals surface area contributed by atoms with E-state index in [1.807, 2.05) is 30.3 Å². The Kier molecular flexibility index (Phi) is 5.59. The molecule has 0 bridgehead atoms. The summed E-state index contributed by atoms with van der Waals surface area (Å²) in [6, 6.07) is 13.4. The van der Waals surface area contributed by atoms with E-state index >= 15 is 0 Å². The van der Waals surface area contributed by atoms with Crippen molar-refractivity contribution in [2.24, 2.45) is 7.05 Å². The summed E-state index contributed by atoms with van der Waals surface area (Å²) < 4.78 is 6.65.